The van der Waals surface area contributed by atoms with Gasteiger partial charge in [0.2, 0.25) is 10.1 Å². The van der Waals surface area contributed by atoms with Crippen molar-refractivity contribution >= 4 is 28.2 Å². The van der Waals surface area contributed by atoms with Crippen LogP contribution < -0.4 is 11.1 Å². The first-order valence-electron chi connectivity index (χ1n) is 3.94. The topological polar surface area (TPSA) is 107 Å². The maximum Gasteiger partial charge on any atom is 0.287 e. The van der Waals surface area contributed by atoms with E-state index in [0.717, 1.165) is 11.3 Å². The number of carbonyl (C=O) groups excluding carboxylic acids is 1. The van der Waals surface area contributed by atoms with E-state index >= 15 is 0 Å². The van der Waals surface area contributed by atoms with Gasteiger partial charge in [-0.3, -0.25) is 4.79 Å². The van der Waals surface area contributed by atoms with Crippen LogP contribution in [0.4, 0.5) is 10.9 Å². The van der Waals surface area contributed by atoms with Crippen LogP contribution in [-0.2, 0) is 0 Å². The number of nitrogens with one attached hydrogen (secondary N) is 1. The fourth-order valence-electron chi connectivity index (χ4n) is 0.864. The molecular weight excluding hydrogens is 216 g/mol. The van der Waals surface area contributed by atoms with Gasteiger partial charge in [0, 0.05) is 6.20 Å². The monoisotopic (exact) mass is 222 g/mol. The number of aromatic nitrogens is 4. The molecule has 0 atom stereocenters. The van der Waals surface area contributed by atoms with E-state index in [2.05, 4.69) is 25.7 Å². The Balaban J connectivity index is 2.11. The van der Waals surface area contributed by atoms with Gasteiger partial charge in [-0.25, -0.2) is 0 Å². The van der Waals surface area contributed by atoms with Crippen molar-refractivity contribution in [3.63, 3.8) is 0 Å². The number of amides is 1. The van der Waals surface area contributed by atoms with Crippen LogP contribution in [0.1, 0.15) is 9.80 Å². The second-order valence-corrected chi connectivity index (χ2v) is 3.52. The molecule has 8 heteroatoms. The summed E-state index contributed by atoms with van der Waals surface area (Å²) in [5.74, 6) is -0.0408. The summed E-state index contributed by atoms with van der Waals surface area (Å²) in [5.41, 5.74) is 5.35. The summed E-state index contributed by atoms with van der Waals surface area (Å²) in [6.45, 7) is 0. The van der Waals surface area contributed by atoms with Crippen molar-refractivity contribution in [2.75, 3.05) is 11.1 Å². The van der Waals surface area contributed by atoms with Crippen molar-refractivity contribution in [2.45, 2.75) is 0 Å². The molecule has 3 N–H and O–H groups in total. The molecule has 15 heavy (non-hydrogen) atoms. The largest absolute Gasteiger partial charge is 0.374 e. The van der Waals surface area contributed by atoms with Crippen LogP contribution in [0.3, 0.4) is 0 Å². The summed E-state index contributed by atoms with van der Waals surface area (Å²) in [6, 6.07) is 3.28. The fourth-order valence-corrected chi connectivity index (χ4v) is 1.37. The van der Waals surface area contributed by atoms with Crippen LogP contribution in [0.5, 0.6) is 0 Å². The average molecular weight is 222 g/mol. The summed E-state index contributed by atoms with van der Waals surface area (Å²) in [4.78, 5) is 11.5. The Hall–Kier alpha value is -2.09. The maximum absolute atomic E-state index is 11.5. The Morgan fingerprint density at radius 1 is 1.40 bits per heavy atom. The van der Waals surface area contributed by atoms with E-state index in [0.29, 0.717) is 5.82 Å². The number of hydrogen-bond acceptors (Lipinski definition) is 7. The highest BCUT2D eigenvalue weighted by Gasteiger charge is 2.11. The first-order valence-corrected chi connectivity index (χ1v) is 4.75. The van der Waals surface area contributed by atoms with E-state index in [1.165, 1.54) is 6.20 Å². The Labute approximate surface area is 88.4 Å². The van der Waals surface area contributed by atoms with Crippen LogP contribution in [0.25, 0.3) is 0 Å². The Morgan fingerprint density at radius 2 is 2.27 bits per heavy atom. The average Bonchev–Trinajstić information content (AvgIpc) is 2.66. The Bertz CT molecular complexity index is 469. The van der Waals surface area contributed by atoms with Gasteiger partial charge in [-0.1, -0.05) is 11.3 Å². The van der Waals surface area contributed by atoms with Crippen molar-refractivity contribution in [3.05, 3.63) is 23.3 Å². The van der Waals surface area contributed by atoms with Gasteiger partial charge >= 0.3 is 0 Å². The van der Waals surface area contributed by atoms with E-state index < -0.39 is 5.91 Å². The molecule has 0 aromatic carbocycles. The third kappa shape index (κ3) is 2.23. The zero-order valence-corrected chi connectivity index (χ0v) is 8.23. The number of rotatable bonds is 2. The summed E-state index contributed by atoms with van der Waals surface area (Å²) in [5, 5.41) is 17.4. The second-order valence-electron chi connectivity index (χ2n) is 2.51. The van der Waals surface area contributed by atoms with Crippen LogP contribution in [0.2, 0.25) is 0 Å². The van der Waals surface area contributed by atoms with E-state index in [1.807, 2.05) is 0 Å². The second kappa shape index (κ2) is 3.96. The SMILES string of the molecule is Nc1nnc(C(=O)Nc2cccnn2)s1. The van der Waals surface area contributed by atoms with E-state index in [9.17, 15) is 4.79 Å². The van der Waals surface area contributed by atoms with Gasteiger partial charge in [0.25, 0.3) is 5.91 Å². The van der Waals surface area contributed by atoms with Gasteiger partial charge in [-0.15, -0.1) is 15.3 Å². The molecule has 0 aliphatic heterocycles. The normalized spacial score (nSPS) is 9.87. The minimum Gasteiger partial charge on any atom is -0.374 e. The molecule has 0 bridgehead atoms. The van der Waals surface area contributed by atoms with Crippen LogP contribution in [-0.4, -0.2) is 26.3 Å². The zero-order valence-electron chi connectivity index (χ0n) is 7.41. The first-order chi connectivity index (χ1) is 7.25. The Morgan fingerprint density at radius 3 is 2.87 bits per heavy atom. The molecule has 2 rings (SSSR count). The molecule has 0 saturated carbocycles. The molecule has 2 aromatic rings. The molecule has 2 heterocycles. The predicted molar refractivity (Wildman–Crippen MR) is 54.3 cm³/mol. The maximum atomic E-state index is 11.5. The third-order valence-electron chi connectivity index (χ3n) is 1.45. The van der Waals surface area contributed by atoms with Crippen LogP contribution in [0.15, 0.2) is 18.3 Å². The molecular formula is C7H6N6OS. The number of carbonyl (C=O) groups is 1. The van der Waals surface area contributed by atoms with Crippen molar-refractivity contribution in [1.82, 2.24) is 20.4 Å². The molecule has 0 aliphatic rings. The number of nitrogens with zero attached hydrogens (tertiary/aromatic N) is 4. The van der Waals surface area contributed by atoms with Crippen molar-refractivity contribution in [3.8, 4) is 0 Å². The van der Waals surface area contributed by atoms with Crippen LogP contribution >= 0.6 is 11.3 Å². The molecule has 76 valence electrons. The standard InChI is InChI=1S/C7H6N6OS/c8-7-13-12-6(15-7)5(14)10-4-2-1-3-9-11-4/h1-3H,(H2,8,13)(H,10,11,14). The quantitative estimate of drug-likeness (QED) is 0.749. The Kier molecular flexibility index (Phi) is 2.50. The molecule has 0 saturated heterocycles. The van der Waals surface area contributed by atoms with Crippen LogP contribution in [0, 0.1) is 0 Å². The van der Waals surface area contributed by atoms with Gasteiger partial charge in [0.15, 0.2) is 5.82 Å². The summed E-state index contributed by atoms with van der Waals surface area (Å²) < 4.78 is 0. The van der Waals surface area contributed by atoms with Gasteiger partial charge in [-0.2, -0.15) is 5.10 Å². The first kappa shape index (κ1) is 9.46. The van der Waals surface area contributed by atoms with E-state index in [-0.39, 0.29) is 10.1 Å². The van der Waals surface area contributed by atoms with Crippen molar-refractivity contribution in [2.24, 2.45) is 0 Å². The van der Waals surface area contributed by atoms with Gasteiger partial charge in [-0.05, 0) is 12.1 Å². The fraction of sp³-hybridized carbons (Fsp3) is 0. The number of nitrogen functional groups attached to an aromatic ring is 1. The third-order valence-corrected chi connectivity index (χ3v) is 2.20. The minimum atomic E-state index is -0.398. The molecule has 0 radical (unpaired) electrons. The molecule has 0 spiro atoms. The van der Waals surface area contributed by atoms with Gasteiger partial charge < -0.3 is 11.1 Å². The summed E-state index contributed by atoms with van der Waals surface area (Å²) in [7, 11) is 0. The minimum absolute atomic E-state index is 0.193. The van der Waals surface area contributed by atoms with Gasteiger partial charge in [0.1, 0.15) is 0 Å². The molecule has 2 aromatic heterocycles. The lowest BCUT2D eigenvalue weighted by atomic mass is 10.5. The van der Waals surface area contributed by atoms with E-state index in [4.69, 9.17) is 5.73 Å². The summed E-state index contributed by atoms with van der Waals surface area (Å²) in [6.07, 6.45) is 1.51. The van der Waals surface area contributed by atoms with Gasteiger partial charge in [0.05, 0.1) is 0 Å². The summed E-state index contributed by atoms with van der Waals surface area (Å²) >= 11 is 1.01. The predicted octanol–water partition coefficient (Wildman–Crippen LogP) is 0.163. The highest BCUT2D eigenvalue weighted by molar-refractivity contribution is 7.16. The smallest absolute Gasteiger partial charge is 0.287 e. The highest BCUT2D eigenvalue weighted by atomic mass is 32.1. The van der Waals surface area contributed by atoms with E-state index in [1.54, 1.807) is 12.1 Å². The molecule has 7 nitrogen and oxygen atoms in total. The van der Waals surface area contributed by atoms with Crippen molar-refractivity contribution < 1.29 is 4.79 Å². The molecule has 0 aliphatic carbocycles. The number of nitrogens with two attached hydrogens (primary N) is 1. The van der Waals surface area contributed by atoms with Crippen molar-refractivity contribution in [1.29, 1.82) is 0 Å². The zero-order chi connectivity index (χ0) is 10.7. The number of hydrogen-bond donors (Lipinski definition) is 2. The lowest BCUT2D eigenvalue weighted by Crippen LogP contribution is -2.12. The molecule has 0 unspecified atom stereocenters. The highest BCUT2D eigenvalue weighted by Crippen LogP contribution is 2.12. The molecule has 0 fully saturated rings. The lowest BCUT2D eigenvalue weighted by Gasteiger charge is -1.98. The lowest BCUT2D eigenvalue weighted by molar-refractivity contribution is 0.102. The number of anilines is 2. The molecule has 1 amide bonds.